The molecular weight excluding hydrogens is 583 g/mol. The second-order valence-electron chi connectivity index (χ2n) is 13.2. The van der Waals surface area contributed by atoms with Gasteiger partial charge in [0.05, 0.1) is 21.6 Å². The smallest absolute Gasteiger partial charge is 0.280 e. The molecule has 9 nitrogen and oxygen atoms in total. The Hall–Kier alpha value is -3.37. The zero-order chi connectivity index (χ0) is 31.6. The molecule has 1 aliphatic carbocycles. The van der Waals surface area contributed by atoms with Crippen LogP contribution in [0.15, 0.2) is 46.6 Å². The molecule has 2 aliphatic rings. The molecule has 0 spiro atoms. The van der Waals surface area contributed by atoms with Crippen molar-refractivity contribution in [1.29, 1.82) is 0 Å². The summed E-state index contributed by atoms with van der Waals surface area (Å²) in [6, 6.07) is 10.2. The standard InChI is InChI=1S/C33H42ClFN6O3/c1-20(2)36-30(42)22-6-9-25(10-7-22)41-29-17-21(19-40-15-13-24(14-16-40)33(3,4)39-44)5-12-28(29)37-32(41)38-31(43)23-8-11-27(35)26(34)18-23/h5,8,11-12,17-18,20,22,24-25H,6-7,9-10,13-16,19H2,1-4H3,(H,36,42)(H,37,38,43)/t22-,25+. The second-order valence-corrected chi connectivity index (χ2v) is 13.6. The summed E-state index contributed by atoms with van der Waals surface area (Å²) in [7, 11) is 0. The van der Waals surface area contributed by atoms with Crippen LogP contribution in [0.3, 0.4) is 0 Å². The maximum Gasteiger partial charge on any atom is 0.280 e. The summed E-state index contributed by atoms with van der Waals surface area (Å²) in [5, 5.41) is 6.27. The average molecular weight is 625 g/mol. The summed E-state index contributed by atoms with van der Waals surface area (Å²) in [6.07, 6.45) is 4.87. The number of likely N-dealkylation sites (tertiary alicyclic amines) is 1. The van der Waals surface area contributed by atoms with Crippen LogP contribution in [0.2, 0.25) is 5.02 Å². The summed E-state index contributed by atoms with van der Waals surface area (Å²) in [4.78, 5) is 47.4. The number of amides is 2. The van der Waals surface area contributed by atoms with E-state index in [0.717, 1.165) is 74.8 Å². The zero-order valence-corrected chi connectivity index (χ0v) is 26.7. The largest absolute Gasteiger partial charge is 0.354 e. The topological polar surface area (TPSA) is 112 Å². The molecule has 0 unspecified atom stereocenters. The van der Waals surface area contributed by atoms with Crippen molar-refractivity contribution in [3.63, 3.8) is 0 Å². The number of hydrogen-bond acceptors (Lipinski definition) is 5. The Morgan fingerprint density at radius 2 is 1.77 bits per heavy atom. The Kier molecular flexibility index (Phi) is 9.70. The maximum atomic E-state index is 13.8. The maximum absolute atomic E-state index is 13.8. The first-order valence-electron chi connectivity index (χ1n) is 15.6. The van der Waals surface area contributed by atoms with Gasteiger partial charge in [-0.2, -0.15) is 9.90 Å². The number of carbonyl (C=O) groups excluding carboxylic acids is 2. The van der Waals surface area contributed by atoms with E-state index < -0.39 is 17.3 Å². The summed E-state index contributed by atoms with van der Waals surface area (Å²) in [6.45, 7) is 10.3. The van der Waals surface area contributed by atoms with Crippen molar-refractivity contribution >= 4 is 34.4 Å². The molecule has 2 heterocycles. The molecule has 2 N–H and O–H groups in total. The van der Waals surface area contributed by atoms with Crippen LogP contribution < -0.4 is 10.9 Å². The number of benzene rings is 2. The lowest BCUT2D eigenvalue weighted by Gasteiger charge is -2.36. The van der Waals surface area contributed by atoms with Gasteiger partial charge in [-0.15, -0.1) is 0 Å². The van der Waals surface area contributed by atoms with Crippen LogP contribution in [0.4, 0.5) is 4.39 Å². The van der Waals surface area contributed by atoms with Crippen molar-refractivity contribution in [3.05, 3.63) is 68.9 Å². The van der Waals surface area contributed by atoms with Gasteiger partial charge < -0.3 is 14.9 Å². The van der Waals surface area contributed by atoms with Crippen molar-refractivity contribution in [1.82, 2.24) is 19.8 Å². The number of H-pyrrole nitrogens is 1. The highest BCUT2D eigenvalue weighted by Crippen LogP contribution is 2.34. The van der Waals surface area contributed by atoms with Crippen LogP contribution in [-0.4, -0.2) is 50.9 Å². The Labute approximate surface area is 262 Å². The molecule has 3 aromatic rings. The predicted molar refractivity (Wildman–Crippen MR) is 170 cm³/mol. The number of rotatable bonds is 8. The Bertz CT molecular complexity index is 1600. The van der Waals surface area contributed by atoms with Gasteiger partial charge in [-0.1, -0.05) is 22.8 Å². The number of imidazole rings is 1. The first-order valence-corrected chi connectivity index (χ1v) is 16.0. The van der Waals surface area contributed by atoms with Gasteiger partial charge >= 0.3 is 0 Å². The van der Waals surface area contributed by atoms with E-state index in [2.05, 4.69) is 42.1 Å². The predicted octanol–water partition coefficient (Wildman–Crippen LogP) is 6.52. The molecule has 1 aliphatic heterocycles. The van der Waals surface area contributed by atoms with Gasteiger partial charge in [-0.3, -0.25) is 14.5 Å². The van der Waals surface area contributed by atoms with E-state index in [4.69, 9.17) is 11.6 Å². The average Bonchev–Trinajstić information content (AvgIpc) is 3.35. The lowest BCUT2D eigenvalue weighted by atomic mass is 9.81. The number of fused-ring (bicyclic) bond motifs is 1. The molecule has 11 heteroatoms. The Balaban J connectivity index is 1.44. The van der Waals surface area contributed by atoms with Gasteiger partial charge in [0.1, 0.15) is 5.82 Å². The van der Waals surface area contributed by atoms with Gasteiger partial charge in [0.2, 0.25) is 11.5 Å². The molecule has 2 amide bonds. The lowest BCUT2D eigenvalue weighted by molar-refractivity contribution is -0.126. The third-order valence-electron chi connectivity index (χ3n) is 9.26. The van der Waals surface area contributed by atoms with Gasteiger partial charge in [-0.05, 0) is 121 Å². The molecule has 2 fully saturated rings. The molecule has 5 rings (SSSR count). The Morgan fingerprint density at radius 3 is 2.41 bits per heavy atom. The number of piperidine rings is 1. The zero-order valence-electron chi connectivity index (χ0n) is 25.9. The summed E-state index contributed by atoms with van der Waals surface area (Å²) >= 11 is 5.95. The van der Waals surface area contributed by atoms with E-state index >= 15 is 0 Å². The van der Waals surface area contributed by atoms with Gasteiger partial charge in [0.25, 0.3) is 5.91 Å². The fourth-order valence-corrected chi connectivity index (χ4v) is 6.83. The summed E-state index contributed by atoms with van der Waals surface area (Å²) < 4.78 is 15.9. The van der Waals surface area contributed by atoms with E-state index in [9.17, 15) is 18.9 Å². The first-order chi connectivity index (χ1) is 20.9. The molecule has 0 radical (unpaired) electrons. The minimum Gasteiger partial charge on any atom is -0.354 e. The van der Waals surface area contributed by atoms with E-state index in [-0.39, 0.29) is 40.4 Å². The minimum atomic E-state index is -0.594. The van der Waals surface area contributed by atoms with Crippen LogP contribution in [0.5, 0.6) is 0 Å². The van der Waals surface area contributed by atoms with Crippen LogP contribution in [-0.2, 0) is 11.3 Å². The van der Waals surface area contributed by atoms with Crippen molar-refractivity contribution in [2.24, 2.45) is 22.0 Å². The molecule has 2 aromatic carbocycles. The quantitative estimate of drug-likeness (QED) is 0.278. The molecule has 236 valence electrons. The Morgan fingerprint density at radius 1 is 1.07 bits per heavy atom. The fourth-order valence-electron chi connectivity index (χ4n) is 6.65. The molecule has 1 aromatic heterocycles. The van der Waals surface area contributed by atoms with E-state index in [1.54, 1.807) is 0 Å². The third-order valence-corrected chi connectivity index (χ3v) is 9.55. The number of nitrogens with zero attached hydrogens (tertiary/aromatic N) is 4. The highest BCUT2D eigenvalue weighted by Gasteiger charge is 2.34. The number of nitrogens with one attached hydrogen (secondary N) is 2. The highest BCUT2D eigenvalue weighted by molar-refractivity contribution is 6.31. The SMILES string of the molecule is CC(C)NC(=O)[C@H]1CC[C@@H](n2/c(=N/C(=O)c3ccc(F)c(Cl)c3)[nH]c3ccc(CN4CCC(C(C)(C)N=O)CC4)cc32)CC1. The van der Waals surface area contributed by atoms with Gasteiger partial charge in [0.15, 0.2) is 0 Å². The van der Waals surface area contributed by atoms with Crippen molar-refractivity contribution in [2.45, 2.75) is 90.4 Å². The number of aromatic nitrogens is 2. The molecule has 0 atom stereocenters. The van der Waals surface area contributed by atoms with Crippen LogP contribution >= 0.6 is 11.6 Å². The minimum absolute atomic E-state index is 0.0410. The summed E-state index contributed by atoms with van der Waals surface area (Å²) in [5.41, 5.74) is 3.02. The van der Waals surface area contributed by atoms with Crippen molar-refractivity contribution < 1.29 is 14.0 Å². The monoisotopic (exact) mass is 624 g/mol. The third kappa shape index (κ3) is 7.12. The normalized spacial score (nSPS) is 20.8. The van der Waals surface area contributed by atoms with E-state index in [0.29, 0.717) is 5.62 Å². The van der Waals surface area contributed by atoms with Crippen molar-refractivity contribution in [2.75, 3.05) is 13.1 Å². The first kappa shape index (κ1) is 32.0. The molecule has 1 saturated heterocycles. The molecular formula is C33H42ClFN6O3. The van der Waals surface area contributed by atoms with E-state index in [1.165, 1.54) is 18.2 Å². The van der Waals surface area contributed by atoms with Gasteiger partial charge in [-0.25, -0.2) is 4.39 Å². The molecule has 0 bridgehead atoms. The second kappa shape index (κ2) is 13.3. The number of halogens is 2. The number of aromatic amines is 1. The van der Waals surface area contributed by atoms with Crippen LogP contribution in [0.1, 0.15) is 88.2 Å². The number of carbonyl (C=O) groups is 2. The summed E-state index contributed by atoms with van der Waals surface area (Å²) in [5.74, 6) is -0.785. The fraction of sp³-hybridized carbons (Fsp3) is 0.545. The number of nitroso groups, excluding NO2 is 1. The van der Waals surface area contributed by atoms with Crippen molar-refractivity contribution in [3.8, 4) is 0 Å². The van der Waals surface area contributed by atoms with Gasteiger partial charge in [0, 0.05) is 30.1 Å². The van der Waals surface area contributed by atoms with Crippen LogP contribution in [0.25, 0.3) is 11.0 Å². The molecule has 1 saturated carbocycles. The van der Waals surface area contributed by atoms with Crippen LogP contribution in [0, 0.1) is 22.6 Å². The highest BCUT2D eigenvalue weighted by atomic mass is 35.5. The van der Waals surface area contributed by atoms with E-state index in [1.807, 2.05) is 33.8 Å². The molecule has 44 heavy (non-hydrogen) atoms. The lowest BCUT2D eigenvalue weighted by Crippen LogP contribution is -2.40. The number of hydrogen-bond donors (Lipinski definition) is 2.